The number of rotatable bonds is 3. The van der Waals surface area contributed by atoms with Gasteiger partial charge in [0.25, 0.3) is 0 Å². The lowest BCUT2D eigenvalue weighted by molar-refractivity contribution is 0.799. The Labute approximate surface area is 151 Å². The molecule has 0 radical (unpaired) electrons. The molecule has 4 heterocycles. The van der Waals surface area contributed by atoms with E-state index in [2.05, 4.69) is 39.4 Å². The second-order valence-corrected chi connectivity index (χ2v) is 6.73. The lowest BCUT2D eigenvalue weighted by Gasteiger charge is -2.02. The fraction of sp³-hybridized carbons (Fsp3) is 0.316. The number of aryl methyl sites for hydroxylation is 3. The van der Waals surface area contributed by atoms with Crippen LogP contribution in [0, 0.1) is 13.8 Å². The van der Waals surface area contributed by atoms with Crippen LogP contribution in [0.3, 0.4) is 0 Å². The Morgan fingerprint density at radius 3 is 2.76 bits per heavy atom. The number of fused-ring (bicyclic) bond motifs is 3. The summed E-state index contributed by atoms with van der Waals surface area (Å²) in [6.45, 7) is 8.88. The number of nitrogens with zero attached hydrogens (tertiary/aromatic N) is 4. The molecule has 0 aliphatic rings. The lowest BCUT2D eigenvalue weighted by atomic mass is 10.1. The smallest absolute Gasteiger partial charge is 0.166 e. The first-order chi connectivity index (χ1) is 12.1. The van der Waals surface area contributed by atoms with Crippen molar-refractivity contribution in [3.8, 4) is 0 Å². The van der Waals surface area contributed by atoms with Gasteiger partial charge in [0.15, 0.2) is 5.82 Å². The normalized spacial score (nSPS) is 10.8. The Kier molecular flexibility index (Phi) is 4.99. The van der Waals surface area contributed by atoms with Gasteiger partial charge in [0.05, 0.1) is 10.2 Å². The van der Waals surface area contributed by atoms with Crippen LogP contribution in [0.15, 0.2) is 30.6 Å². The zero-order valence-electron chi connectivity index (χ0n) is 15.3. The maximum absolute atomic E-state index is 4.69. The highest BCUT2D eigenvalue weighted by molar-refractivity contribution is 7.26. The number of nitrogens with one attached hydrogen (secondary N) is 1. The molecule has 0 saturated heterocycles. The summed E-state index contributed by atoms with van der Waals surface area (Å²) < 4.78 is 3.11. The molecule has 0 amide bonds. The third-order valence-electron chi connectivity index (χ3n) is 3.93. The largest absolute Gasteiger partial charge is 0.363 e. The fourth-order valence-corrected chi connectivity index (χ4v) is 4.22. The van der Waals surface area contributed by atoms with Crippen molar-refractivity contribution in [2.45, 2.75) is 34.2 Å². The van der Waals surface area contributed by atoms with Crippen LogP contribution in [0.4, 0.5) is 5.82 Å². The number of hydrogen-bond acceptors (Lipinski definition) is 5. The first-order valence-electron chi connectivity index (χ1n) is 8.49. The number of pyridine rings is 2. The predicted molar refractivity (Wildman–Crippen MR) is 106 cm³/mol. The van der Waals surface area contributed by atoms with Gasteiger partial charge in [0.2, 0.25) is 0 Å². The average molecular weight is 353 g/mol. The molecule has 0 atom stereocenters. The summed E-state index contributed by atoms with van der Waals surface area (Å²) in [4.78, 5) is 9.91. The lowest BCUT2D eigenvalue weighted by Crippen LogP contribution is -2.01. The van der Waals surface area contributed by atoms with E-state index < -0.39 is 0 Å². The Morgan fingerprint density at radius 1 is 1.24 bits per heavy atom. The molecule has 0 saturated carbocycles. The van der Waals surface area contributed by atoms with Crippen molar-refractivity contribution in [2.24, 2.45) is 7.05 Å². The van der Waals surface area contributed by atoms with Crippen molar-refractivity contribution in [1.29, 1.82) is 0 Å². The van der Waals surface area contributed by atoms with E-state index in [1.54, 1.807) is 17.5 Å². The highest BCUT2D eigenvalue weighted by atomic mass is 32.1. The Hall–Kier alpha value is -2.47. The Balaban J connectivity index is 0.000000880. The predicted octanol–water partition coefficient (Wildman–Crippen LogP) is 4.83. The van der Waals surface area contributed by atoms with Gasteiger partial charge < -0.3 is 5.32 Å². The molecule has 0 fully saturated rings. The monoisotopic (exact) mass is 353 g/mol. The van der Waals surface area contributed by atoms with Crippen LogP contribution in [0.5, 0.6) is 0 Å². The first-order valence-corrected chi connectivity index (χ1v) is 9.31. The summed E-state index contributed by atoms with van der Waals surface area (Å²) in [5.41, 5.74) is 4.60. The van der Waals surface area contributed by atoms with Crippen LogP contribution in [0.2, 0.25) is 0 Å². The highest BCUT2D eigenvalue weighted by Crippen LogP contribution is 2.38. The number of anilines is 1. The molecule has 25 heavy (non-hydrogen) atoms. The molecule has 5 nitrogen and oxygen atoms in total. The summed E-state index contributed by atoms with van der Waals surface area (Å²) in [6, 6.07) is 6.13. The molecule has 1 N–H and O–H groups in total. The van der Waals surface area contributed by atoms with Crippen molar-refractivity contribution >= 4 is 37.6 Å². The zero-order valence-corrected chi connectivity index (χ0v) is 16.1. The van der Waals surface area contributed by atoms with E-state index in [-0.39, 0.29) is 0 Å². The van der Waals surface area contributed by atoms with Crippen LogP contribution in [0.25, 0.3) is 20.4 Å². The minimum Gasteiger partial charge on any atom is -0.363 e. The topological polar surface area (TPSA) is 55.6 Å². The number of hydrogen-bond donors (Lipinski definition) is 1. The summed E-state index contributed by atoms with van der Waals surface area (Å²) >= 11 is 1.70. The van der Waals surface area contributed by atoms with Crippen molar-refractivity contribution in [3.05, 3.63) is 47.4 Å². The molecule has 0 aliphatic heterocycles. The van der Waals surface area contributed by atoms with Gasteiger partial charge in [-0.25, -0.2) is 4.98 Å². The van der Waals surface area contributed by atoms with Gasteiger partial charge in [-0.05, 0) is 37.1 Å². The third kappa shape index (κ3) is 3.22. The van der Waals surface area contributed by atoms with Crippen molar-refractivity contribution < 1.29 is 0 Å². The van der Waals surface area contributed by atoms with Crippen LogP contribution < -0.4 is 5.32 Å². The first kappa shape index (κ1) is 17.4. The molecular formula is C19H23N5S. The molecule has 6 heteroatoms. The minimum atomic E-state index is 0.708. The quantitative estimate of drug-likeness (QED) is 0.573. The van der Waals surface area contributed by atoms with E-state index in [1.807, 2.05) is 44.8 Å². The number of aromatic nitrogens is 4. The van der Waals surface area contributed by atoms with Gasteiger partial charge in [0.1, 0.15) is 4.83 Å². The van der Waals surface area contributed by atoms with E-state index >= 15 is 0 Å². The maximum atomic E-state index is 4.69. The minimum absolute atomic E-state index is 0.708. The van der Waals surface area contributed by atoms with Gasteiger partial charge in [-0.1, -0.05) is 19.9 Å². The molecule has 4 aromatic rings. The molecule has 130 valence electrons. The molecule has 0 aromatic carbocycles. The molecule has 0 spiro atoms. The zero-order chi connectivity index (χ0) is 18.0. The van der Waals surface area contributed by atoms with Gasteiger partial charge >= 0.3 is 0 Å². The second-order valence-electron chi connectivity index (χ2n) is 5.73. The second kappa shape index (κ2) is 7.19. The molecule has 0 unspecified atom stereocenters. The summed E-state index contributed by atoms with van der Waals surface area (Å²) in [7, 11) is 1.99. The molecule has 4 rings (SSSR count). The van der Waals surface area contributed by atoms with Crippen molar-refractivity contribution in [2.75, 3.05) is 5.32 Å². The van der Waals surface area contributed by atoms with Crippen LogP contribution in [0.1, 0.15) is 30.7 Å². The van der Waals surface area contributed by atoms with E-state index in [0.717, 1.165) is 32.1 Å². The van der Waals surface area contributed by atoms with E-state index in [1.165, 1.54) is 10.9 Å². The van der Waals surface area contributed by atoms with Crippen LogP contribution in [-0.4, -0.2) is 19.7 Å². The molecule has 0 bridgehead atoms. The van der Waals surface area contributed by atoms with E-state index in [0.29, 0.717) is 6.54 Å². The molecule has 0 aliphatic carbocycles. The summed E-state index contributed by atoms with van der Waals surface area (Å²) in [5, 5.41) is 9.29. The van der Waals surface area contributed by atoms with Gasteiger partial charge in [0, 0.05) is 37.1 Å². The van der Waals surface area contributed by atoms with Gasteiger partial charge in [-0.3, -0.25) is 9.67 Å². The van der Waals surface area contributed by atoms with Crippen LogP contribution >= 0.6 is 11.3 Å². The number of thiophene rings is 1. The molecular weight excluding hydrogens is 330 g/mol. The standard InChI is InChI=1S/C17H17N5S.C2H6/c1-10-7-11(2)20-17-13(10)14-15(23-17)16(21-22(14)3)19-9-12-5-4-6-18-8-12;1-2/h4-8H,9H2,1-3H3,(H,19,21);1-2H3. The summed E-state index contributed by atoms with van der Waals surface area (Å²) in [6.07, 6.45) is 3.65. The average Bonchev–Trinajstić information content (AvgIpc) is 3.13. The summed E-state index contributed by atoms with van der Waals surface area (Å²) in [5.74, 6) is 0.909. The SMILES string of the molecule is CC.Cc1cc(C)c2c(n1)sc1c(NCc3cccnc3)nn(C)c12. The Morgan fingerprint density at radius 2 is 2.04 bits per heavy atom. The maximum Gasteiger partial charge on any atom is 0.166 e. The highest BCUT2D eigenvalue weighted by Gasteiger charge is 2.17. The van der Waals surface area contributed by atoms with Gasteiger partial charge in [-0.15, -0.1) is 11.3 Å². The van der Waals surface area contributed by atoms with Crippen molar-refractivity contribution in [1.82, 2.24) is 19.7 Å². The molecule has 4 aromatic heterocycles. The Bertz CT molecular complexity index is 1000. The third-order valence-corrected chi connectivity index (χ3v) is 5.01. The van der Waals surface area contributed by atoms with Crippen molar-refractivity contribution in [3.63, 3.8) is 0 Å². The van der Waals surface area contributed by atoms with Crippen LogP contribution in [-0.2, 0) is 13.6 Å². The van der Waals surface area contributed by atoms with Gasteiger partial charge in [-0.2, -0.15) is 5.10 Å². The van der Waals surface area contributed by atoms with E-state index in [9.17, 15) is 0 Å². The van der Waals surface area contributed by atoms with E-state index in [4.69, 9.17) is 0 Å². The fourth-order valence-electron chi connectivity index (χ4n) is 2.94.